The Morgan fingerprint density at radius 3 is 2.29 bits per heavy atom. The summed E-state index contributed by atoms with van der Waals surface area (Å²) < 4.78 is 11.8. The van der Waals surface area contributed by atoms with Crippen LogP contribution in [0.2, 0.25) is 0 Å². The lowest BCUT2D eigenvalue weighted by molar-refractivity contribution is -0.0816. The molecule has 0 aromatic carbocycles. The molecule has 0 amide bonds. The monoisotopic (exact) mass is 244 g/mol. The van der Waals surface area contributed by atoms with Gasteiger partial charge in [-0.25, -0.2) is 0 Å². The van der Waals surface area contributed by atoms with E-state index in [9.17, 15) is 0 Å². The minimum atomic E-state index is -0.166. The van der Waals surface area contributed by atoms with Gasteiger partial charge in [-0.2, -0.15) is 0 Å². The van der Waals surface area contributed by atoms with Crippen molar-refractivity contribution >= 4 is 0 Å². The number of nitrogens with two attached hydrogens (primary N) is 1. The molecule has 0 saturated carbocycles. The van der Waals surface area contributed by atoms with Crippen LogP contribution in [0.15, 0.2) is 0 Å². The zero-order chi connectivity index (χ0) is 13.3. The van der Waals surface area contributed by atoms with E-state index in [4.69, 9.17) is 15.3 Å². The van der Waals surface area contributed by atoms with Crippen LogP contribution in [0.4, 0.5) is 0 Å². The van der Waals surface area contributed by atoms with Gasteiger partial charge in [-0.1, -0.05) is 0 Å². The summed E-state index contributed by atoms with van der Waals surface area (Å²) in [4.78, 5) is 0. The number of hydrogen-bond donors (Lipinski definition) is 2. The fourth-order valence-corrected chi connectivity index (χ4v) is 2.81. The number of nitrogens with one attached hydrogen (secondary N) is 1. The summed E-state index contributed by atoms with van der Waals surface area (Å²) in [5, 5.41) is 0. The highest BCUT2D eigenvalue weighted by Gasteiger charge is 2.48. The maximum atomic E-state index is 6.09. The van der Waals surface area contributed by atoms with Crippen LogP contribution in [0.3, 0.4) is 0 Å². The summed E-state index contributed by atoms with van der Waals surface area (Å²) in [6.07, 6.45) is 1.22. The van der Waals surface area contributed by atoms with E-state index in [0.717, 1.165) is 6.42 Å². The molecule has 4 heteroatoms. The minimum Gasteiger partial charge on any atom is -0.377 e. The highest BCUT2D eigenvalue weighted by molar-refractivity contribution is 4.99. The van der Waals surface area contributed by atoms with Crippen molar-refractivity contribution in [3.8, 4) is 0 Å². The first-order valence-electron chi connectivity index (χ1n) is 6.46. The Balaban J connectivity index is 2.68. The molecule has 17 heavy (non-hydrogen) atoms. The quantitative estimate of drug-likeness (QED) is 0.572. The van der Waals surface area contributed by atoms with Gasteiger partial charge in [0.25, 0.3) is 0 Å². The molecule has 0 aromatic rings. The Morgan fingerprint density at radius 2 is 1.94 bits per heavy atom. The van der Waals surface area contributed by atoms with Gasteiger partial charge in [0.2, 0.25) is 0 Å². The van der Waals surface area contributed by atoms with E-state index in [2.05, 4.69) is 33.1 Å². The molecule has 1 heterocycles. The predicted octanol–water partition coefficient (Wildman–Crippen LogP) is 1.84. The molecule has 0 bridgehead atoms. The fourth-order valence-electron chi connectivity index (χ4n) is 2.81. The molecular weight excluding hydrogens is 216 g/mol. The molecule has 4 nitrogen and oxygen atoms in total. The van der Waals surface area contributed by atoms with Crippen LogP contribution in [0, 0.1) is 5.92 Å². The van der Waals surface area contributed by atoms with E-state index in [1.807, 2.05) is 13.8 Å². The van der Waals surface area contributed by atoms with Gasteiger partial charge in [0, 0.05) is 5.92 Å². The fraction of sp³-hybridized carbons (Fsp3) is 1.00. The Labute approximate surface area is 105 Å². The maximum absolute atomic E-state index is 6.09. The van der Waals surface area contributed by atoms with Crippen LogP contribution in [-0.2, 0) is 9.47 Å². The minimum absolute atomic E-state index is 0.0822. The van der Waals surface area contributed by atoms with Crippen LogP contribution in [0.25, 0.3) is 0 Å². The Bertz CT molecular complexity index is 252. The Kier molecular flexibility index (Phi) is 4.58. The number of hydrogen-bond acceptors (Lipinski definition) is 4. The molecule has 0 spiro atoms. The lowest BCUT2D eigenvalue weighted by Crippen LogP contribution is -2.50. The maximum Gasteiger partial charge on any atom is 0.0679 e. The zero-order valence-electron chi connectivity index (χ0n) is 12.0. The molecule has 102 valence electrons. The van der Waals surface area contributed by atoms with Crippen molar-refractivity contribution in [1.82, 2.24) is 5.43 Å². The van der Waals surface area contributed by atoms with Gasteiger partial charge in [-0.05, 0) is 48.0 Å². The number of rotatable bonds is 5. The summed E-state index contributed by atoms with van der Waals surface area (Å²) >= 11 is 0. The van der Waals surface area contributed by atoms with Gasteiger partial charge in [-0.15, -0.1) is 0 Å². The number of hydrazine groups is 1. The van der Waals surface area contributed by atoms with Gasteiger partial charge in [0.05, 0.1) is 30.0 Å². The van der Waals surface area contributed by atoms with Gasteiger partial charge >= 0.3 is 0 Å². The van der Waals surface area contributed by atoms with Crippen LogP contribution < -0.4 is 11.3 Å². The third-order valence-electron chi connectivity index (χ3n) is 3.45. The second kappa shape index (κ2) is 5.22. The standard InChI is InChI=1S/C13H28N2O2/c1-9(2)16-8-11(15-14)10-7-12(3,4)17-13(10,5)6/h9-11,15H,7-8,14H2,1-6H3. The molecule has 3 N–H and O–H groups in total. The molecule has 1 fully saturated rings. The Morgan fingerprint density at radius 1 is 1.35 bits per heavy atom. The first kappa shape index (κ1) is 14.9. The second-order valence-electron chi connectivity index (χ2n) is 6.43. The average molecular weight is 244 g/mol. The summed E-state index contributed by atoms with van der Waals surface area (Å²) in [6.45, 7) is 13.2. The molecule has 0 radical (unpaired) electrons. The van der Waals surface area contributed by atoms with E-state index in [-0.39, 0.29) is 23.3 Å². The topological polar surface area (TPSA) is 56.5 Å². The SMILES string of the molecule is CC(C)OCC(NN)C1CC(C)(C)OC1(C)C. The van der Waals surface area contributed by atoms with Crippen molar-refractivity contribution in [3.05, 3.63) is 0 Å². The molecule has 1 saturated heterocycles. The zero-order valence-corrected chi connectivity index (χ0v) is 12.0. The molecule has 1 rings (SSSR count). The molecule has 1 aliphatic rings. The molecule has 0 aliphatic carbocycles. The number of ether oxygens (including phenoxy) is 2. The first-order valence-corrected chi connectivity index (χ1v) is 6.46. The molecular formula is C13H28N2O2. The summed E-state index contributed by atoms with van der Waals surface area (Å²) in [5.41, 5.74) is 2.64. The van der Waals surface area contributed by atoms with Crippen LogP contribution >= 0.6 is 0 Å². The van der Waals surface area contributed by atoms with Gasteiger partial charge in [-0.3, -0.25) is 11.3 Å². The van der Waals surface area contributed by atoms with Crippen molar-refractivity contribution in [2.45, 2.75) is 71.3 Å². The van der Waals surface area contributed by atoms with Gasteiger partial charge in [0.1, 0.15) is 0 Å². The highest BCUT2D eigenvalue weighted by Crippen LogP contribution is 2.43. The lowest BCUT2D eigenvalue weighted by Gasteiger charge is -2.32. The highest BCUT2D eigenvalue weighted by atomic mass is 16.5. The van der Waals surface area contributed by atoms with Crippen molar-refractivity contribution < 1.29 is 9.47 Å². The van der Waals surface area contributed by atoms with E-state index in [0.29, 0.717) is 12.5 Å². The predicted molar refractivity (Wildman–Crippen MR) is 69.5 cm³/mol. The molecule has 2 atom stereocenters. The van der Waals surface area contributed by atoms with E-state index in [1.165, 1.54) is 0 Å². The van der Waals surface area contributed by atoms with E-state index >= 15 is 0 Å². The van der Waals surface area contributed by atoms with Crippen LogP contribution in [0.5, 0.6) is 0 Å². The largest absolute Gasteiger partial charge is 0.377 e. The third kappa shape index (κ3) is 3.91. The third-order valence-corrected chi connectivity index (χ3v) is 3.45. The smallest absolute Gasteiger partial charge is 0.0679 e. The van der Waals surface area contributed by atoms with Crippen molar-refractivity contribution in [1.29, 1.82) is 0 Å². The van der Waals surface area contributed by atoms with Crippen molar-refractivity contribution in [2.24, 2.45) is 11.8 Å². The van der Waals surface area contributed by atoms with E-state index < -0.39 is 0 Å². The van der Waals surface area contributed by atoms with Crippen molar-refractivity contribution in [2.75, 3.05) is 6.61 Å². The normalized spacial score (nSPS) is 28.6. The summed E-state index contributed by atoms with van der Waals surface area (Å²) in [5.74, 6) is 6.03. The van der Waals surface area contributed by atoms with Gasteiger partial charge < -0.3 is 9.47 Å². The lowest BCUT2D eigenvalue weighted by atomic mass is 9.82. The summed E-state index contributed by atoms with van der Waals surface area (Å²) in [7, 11) is 0. The van der Waals surface area contributed by atoms with Crippen LogP contribution in [0.1, 0.15) is 48.0 Å². The Hall–Kier alpha value is -0.160. The summed E-state index contributed by atoms with van der Waals surface area (Å²) in [6, 6.07) is 0.133. The molecule has 1 aliphatic heterocycles. The van der Waals surface area contributed by atoms with E-state index in [1.54, 1.807) is 0 Å². The second-order valence-corrected chi connectivity index (χ2v) is 6.43. The van der Waals surface area contributed by atoms with Crippen LogP contribution in [-0.4, -0.2) is 30.0 Å². The average Bonchev–Trinajstić information content (AvgIpc) is 2.35. The molecule has 2 unspecified atom stereocenters. The van der Waals surface area contributed by atoms with Crippen molar-refractivity contribution in [3.63, 3.8) is 0 Å². The first-order chi connectivity index (χ1) is 7.68. The molecule has 0 aromatic heterocycles. The van der Waals surface area contributed by atoms with Gasteiger partial charge in [0.15, 0.2) is 0 Å².